The van der Waals surface area contributed by atoms with Crippen LogP contribution in [0, 0.1) is 5.92 Å². The minimum Gasteiger partial charge on any atom is -0.462 e. The lowest BCUT2D eigenvalue weighted by Gasteiger charge is -2.13. The normalized spacial score (nSPS) is 15.2. The van der Waals surface area contributed by atoms with E-state index in [2.05, 4.69) is 13.8 Å². The molecule has 0 aromatic carbocycles. The van der Waals surface area contributed by atoms with Crippen LogP contribution in [0.5, 0.6) is 0 Å². The molecule has 0 saturated heterocycles. The number of rotatable bonds is 6. The number of nitrogens with two attached hydrogens (primary N) is 1. The lowest BCUT2D eigenvalue weighted by atomic mass is 9.99. The summed E-state index contributed by atoms with van der Waals surface area (Å²) in [4.78, 5) is 0. The zero-order valence-corrected chi connectivity index (χ0v) is 9.82. The molecule has 2 unspecified atom stereocenters. The molecule has 1 aromatic rings. The molecule has 0 fully saturated rings. The second kappa shape index (κ2) is 5.93. The minimum absolute atomic E-state index is 0.00514. The van der Waals surface area contributed by atoms with Gasteiger partial charge in [0.1, 0.15) is 18.1 Å². The lowest BCUT2D eigenvalue weighted by Crippen LogP contribution is -2.12. The van der Waals surface area contributed by atoms with E-state index >= 15 is 0 Å². The van der Waals surface area contributed by atoms with Crippen molar-refractivity contribution in [2.75, 3.05) is 7.11 Å². The standard InChI is InChI=1S/C12H21NO2/c1-4-9(2)7-11(13)12-6-5-10(15-12)8-14-3/h5-6,9,11H,4,7-8,13H2,1-3H3. The first-order valence-corrected chi connectivity index (χ1v) is 5.50. The van der Waals surface area contributed by atoms with Crippen LogP contribution in [0.1, 0.15) is 44.3 Å². The third-order valence-electron chi connectivity index (χ3n) is 2.69. The average molecular weight is 211 g/mol. The molecular weight excluding hydrogens is 190 g/mol. The van der Waals surface area contributed by atoms with Gasteiger partial charge in [-0.3, -0.25) is 0 Å². The first kappa shape index (κ1) is 12.3. The van der Waals surface area contributed by atoms with E-state index in [0.29, 0.717) is 12.5 Å². The molecule has 0 aliphatic carbocycles. The molecule has 0 spiro atoms. The van der Waals surface area contributed by atoms with Gasteiger partial charge in [0.2, 0.25) is 0 Å². The summed E-state index contributed by atoms with van der Waals surface area (Å²) in [6, 6.07) is 3.88. The van der Waals surface area contributed by atoms with Crippen molar-refractivity contribution in [2.45, 2.75) is 39.3 Å². The molecule has 1 rings (SSSR count). The predicted octanol–water partition coefficient (Wildman–Crippen LogP) is 2.86. The smallest absolute Gasteiger partial charge is 0.129 e. The number of methoxy groups -OCH3 is 1. The second-order valence-electron chi connectivity index (χ2n) is 4.09. The number of hydrogen-bond donors (Lipinski definition) is 1. The largest absolute Gasteiger partial charge is 0.462 e. The van der Waals surface area contributed by atoms with Crippen molar-refractivity contribution in [3.8, 4) is 0 Å². The fourth-order valence-corrected chi connectivity index (χ4v) is 1.53. The van der Waals surface area contributed by atoms with E-state index in [-0.39, 0.29) is 6.04 Å². The maximum atomic E-state index is 6.05. The van der Waals surface area contributed by atoms with Crippen LogP contribution in [-0.4, -0.2) is 7.11 Å². The maximum absolute atomic E-state index is 6.05. The van der Waals surface area contributed by atoms with Crippen LogP contribution in [0.2, 0.25) is 0 Å². The predicted molar refractivity (Wildman–Crippen MR) is 60.4 cm³/mol. The Morgan fingerprint density at radius 1 is 1.47 bits per heavy atom. The van der Waals surface area contributed by atoms with Crippen molar-refractivity contribution in [1.82, 2.24) is 0 Å². The molecule has 15 heavy (non-hydrogen) atoms. The Bertz CT molecular complexity index is 283. The third kappa shape index (κ3) is 3.68. The van der Waals surface area contributed by atoms with Gasteiger partial charge in [0.25, 0.3) is 0 Å². The van der Waals surface area contributed by atoms with E-state index in [4.69, 9.17) is 14.9 Å². The second-order valence-corrected chi connectivity index (χ2v) is 4.09. The van der Waals surface area contributed by atoms with Gasteiger partial charge in [0, 0.05) is 7.11 Å². The van der Waals surface area contributed by atoms with Gasteiger partial charge in [-0.1, -0.05) is 20.3 Å². The summed E-state index contributed by atoms with van der Waals surface area (Å²) in [5, 5.41) is 0. The Balaban J connectivity index is 2.53. The highest BCUT2D eigenvalue weighted by atomic mass is 16.5. The van der Waals surface area contributed by atoms with Gasteiger partial charge in [-0.2, -0.15) is 0 Å². The summed E-state index contributed by atoms with van der Waals surface area (Å²) >= 11 is 0. The third-order valence-corrected chi connectivity index (χ3v) is 2.69. The zero-order chi connectivity index (χ0) is 11.3. The molecule has 2 N–H and O–H groups in total. The summed E-state index contributed by atoms with van der Waals surface area (Å²) < 4.78 is 10.6. The summed E-state index contributed by atoms with van der Waals surface area (Å²) in [5.41, 5.74) is 6.05. The Kier molecular flexibility index (Phi) is 4.85. The van der Waals surface area contributed by atoms with Crippen LogP contribution < -0.4 is 5.73 Å². The van der Waals surface area contributed by atoms with Crippen molar-refractivity contribution >= 4 is 0 Å². The van der Waals surface area contributed by atoms with E-state index in [9.17, 15) is 0 Å². The fraction of sp³-hybridized carbons (Fsp3) is 0.667. The van der Waals surface area contributed by atoms with Gasteiger partial charge in [-0.25, -0.2) is 0 Å². The van der Waals surface area contributed by atoms with Crippen molar-refractivity contribution < 1.29 is 9.15 Å². The van der Waals surface area contributed by atoms with E-state index in [1.807, 2.05) is 12.1 Å². The molecule has 3 nitrogen and oxygen atoms in total. The maximum Gasteiger partial charge on any atom is 0.129 e. The van der Waals surface area contributed by atoms with E-state index in [1.54, 1.807) is 7.11 Å². The van der Waals surface area contributed by atoms with Gasteiger partial charge in [-0.05, 0) is 24.5 Å². The van der Waals surface area contributed by atoms with Crippen LogP contribution in [0.3, 0.4) is 0 Å². The Morgan fingerprint density at radius 2 is 2.20 bits per heavy atom. The zero-order valence-electron chi connectivity index (χ0n) is 9.82. The van der Waals surface area contributed by atoms with Crippen LogP contribution in [-0.2, 0) is 11.3 Å². The van der Waals surface area contributed by atoms with E-state index in [1.165, 1.54) is 0 Å². The molecule has 0 saturated carbocycles. The topological polar surface area (TPSA) is 48.4 Å². The Hall–Kier alpha value is -0.800. The Morgan fingerprint density at radius 3 is 2.80 bits per heavy atom. The van der Waals surface area contributed by atoms with Gasteiger partial charge in [-0.15, -0.1) is 0 Å². The first-order valence-electron chi connectivity index (χ1n) is 5.50. The van der Waals surface area contributed by atoms with Crippen molar-refractivity contribution in [3.63, 3.8) is 0 Å². The molecule has 1 aromatic heterocycles. The summed E-state index contributed by atoms with van der Waals surface area (Å²) in [6.07, 6.45) is 2.12. The van der Waals surface area contributed by atoms with Crippen LogP contribution >= 0.6 is 0 Å². The average Bonchev–Trinajstić information content (AvgIpc) is 2.67. The summed E-state index contributed by atoms with van der Waals surface area (Å²) in [5.74, 6) is 2.34. The molecule has 1 heterocycles. The monoisotopic (exact) mass is 211 g/mol. The number of hydrogen-bond acceptors (Lipinski definition) is 3. The van der Waals surface area contributed by atoms with Gasteiger partial charge >= 0.3 is 0 Å². The number of furan rings is 1. The summed E-state index contributed by atoms with van der Waals surface area (Å²) in [7, 11) is 1.65. The molecular formula is C12H21NO2. The lowest BCUT2D eigenvalue weighted by molar-refractivity contribution is 0.161. The molecule has 0 aliphatic heterocycles. The molecule has 0 amide bonds. The quantitative estimate of drug-likeness (QED) is 0.787. The van der Waals surface area contributed by atoms with E-state index in [0.717, 1.165) is 24.4 Å². The van der Waals surface area contributed by atoms with Crippen LogP contribution in [0.15, 0.2) is 16.5 Å². The summed E-state index contributed by atoms with van der Waals surface area (Å²) in [6.45, 7) is 4.89. The highest BCUT2D eigenvalue weighted by Gasteiger charge is 2.13. The Labute approximate surface area is 91.6 Å². The molecule has 3 heteroatoms. The molecule has 0 aliphatic rings. The molecule has 86 valence electrons. The highest BCUT2D eigenvalue weighted by Crippen LogP contribution is 2.22. The SMILES string of the molecule is CCC(C)CC(N)c1ccc(COC)o1. The van der Waals surface area contributed by atoms with Crippen molar-refractivity contribution in [3.05, 3.63) is 23.7 Å². The minimum atomic E-state index is 0.00514. The molecule has 0 radical (unpaired) electrons. The van der Waals surface area contributed by atoms with Crippen LogP contribution in [0.4, 0.5) is 0 Å². The highest BCUT2D eigenvalue weighted by molar-refractivity contribution is 5.09. The number of ether oxygens (including phenoxy) is 1. The first-order chi connectivity index (χ1) is 7.17. The van der Waals surface area contributed by atoms with E-state index < -0.39 is 0 Å². The van der Waals surface area contributed by atoms with Gasteiger partial charge < -0.3 is 14.9 Å². The van der Waals surface area contributed by atoms with Crippen LogP contribution in [0.25, 0.3) is 0 Å². The van der Waals surface area contributed by atoms with Gasteiger partial charge in [0.05, 0.1) is 6.04 Å². The molecule has 2 atom stereocenters. The van der Waals surface area contributed by atoms with Gasteiger partial charge in [0.15, 0.2) is 0 Å². The molecule has 0 bridgehead atoms. The fourth-order valence-electron chi connectivity index (χ4n) is 1.53. The van der Waals surface area contributed by atoms with Crippen molar-refractivity contribution in [2.24, 2.45) is 11.7 Å². The van der Waals surface area contributed by atoms with Crippen molar-refractivity contribution in [1.29, 1.82) is 0 Å².